The van der Waals surface area contributed by atoms with Crippen LogP contribution in [0.1, 0.15) is 81.0 Å². The molecule has 2 N–H and O–H groups in total. The monoisotopic (exact) mass is 1080 g/mol. The molecule has 10 aromatic rings. The van der Waals surface area contributed by atoms with E-state index >= 15 is 0 Å². The molecule has 8 heteroatoms. The van der Waals surface area contributed by atoms with E-state index in [2.05, 4.69) is 165 Å². The first kappa shape index (κ1) is 46.0. The van der Waals surface area contributed by atoms with Gasteiger partial charge in [-0.15, -0.1) is 0 Å². The van der Waals surface area contributed by atoms with Gasteiger partial charge in [-0.25, -0.2) is 0 Å². The molecular formula is C62H46Br2O4S2. The van der Waals surface area contributed by atoms with E-state index in [1.165, 1.54) is 67.2 Å². The molecule has 0 saturated carbocycles. The van der Waals surface area contributed by atoms with E-state index in [1.807, 2.05) is 60.7 Å². The van der Waals surface area contributed by atoms with Crippen molar-refractivity contribution in [1.29, 1.82) is 0 Å². The van der Waals surface area contributed by atoms with Crippen molar-refractivity contribution in [2.24, 2.45) is 0 Å². The molecule has 2 aliphatic carbocycles. The Labute approximate surface area is 431 Å². The molecular weight excluding hydrogens is 1030 g/mol. The van der Waals surface area contributed by atoms with Gasteiger partial charge in [-0.3, -0.25) is 9.59 Å². The van der Waals surface area contributed by atoms with Crippen LogP contribution in [0.5, 0.6) is 11.5 Å². The van der Waals surface area contributed by atoms with Crippen LogP contribution < -0.4 is 9.48 Å². The number of hydrogen-bond acceptors (Lipinski definition) is 6. The van der Waals surface area contributed by atoms with E-state index in [-0.39, 0.29) is 44.7 Å². The first-order valence-electron chi connectivity index (χ1n) is 23.5. The lowest BCUT2D eigenvalue weighted by molar-refractivity contribution is 0.458. The first-order chi connectivity index (χ1) is 34.2. The summed E-state index contributed by atoms with van der Waals surface area (Å²) in [4.78, 5) is 26.6. The summed E-state index contributed by atoms with van der Waals surface area (Å²) in [7, 11) is 0. The maximum Gasteiger partial charge on any atom is 0.240 e. The topological polar surface area (TPSA) is 74.6 Å². The van der Waals surface area contributed by atoms with Gasteiger partial charge in [0.2, 0.25) is 9.48 Å². The van der Waals surface area contributed by atoms with E-state index in [0.29, 0.717) is 11.1 Å². The summed E-state index contributed by atoms with van der Waals surface area (Å²) in [6.07, 6.45) is 3.44. The fourth-order valence-corrected chi connectivity index (χ4v) is 13.3. The molecule has 8 aromatic carbocycles. The molecule has 2 aromatic heterocycles. The van der Waals surface area contributed by atoms with Gasteiger partial charge < -0.3 is 10.2 Å². The zero-order valence-corrected chi connectivity index (χ0v) is 42.7. The second kappa shape index (κ2) is 19.8. The van der Waals surface area contributed by atoms with Gasteiger partial charge in [0.05, 0.1) is 11.1 Å². The first-order valence-corrected chi connectivity index (χ1v) is 26.8. The Morgan fingerprint density at radius 3 is 1.11 bits per heavy atom. The Kier molecular flexibility index (Phi) is 13.0. The number of fused-ring (bicyclic) bond motifs is 4. The fourth-order valence-electron chi connectivity index (χ4n) is 10.8. The summed E-state index contributed by atoms with van der Waals surface area (Å²) in [5.41, 5.74) is 13.2. The number of benzene rings is 8. The van der Waals surface area contributed by atoms with Crippen LogP contribution in [0.25, 0.3) is 42.4 Å². The molecule has 0 saturated heterocycles. The smallest absolute Gasteiger partial charge is 0.240 e. The van der Waals surface area contributed by atoms with Crippen LogP contribution in [0, 0.1) is 0 Å². The Morgan fingerprint density at radius 2 is 0.729 bits per heavy atom. The molecule has 0 bridgehead atoms. The van der Waals surface area contributed by atoms with Crippen molar-refractivity contribution in [2.75, 3.05) is 0 Å². The maximum absolute atomic E-state index is 13.3. The molecule has 0 amide bonds. The fraction of sp³-hybridized carbons (Fsp3) is 0.129. The number of rotatable bonds is 6. The number of halogens is 2. The van der Waals surface area contributed by atoms with Crippen molar-refractivity contribution in [3.05, 3.63) is 267 Å². The van der Waals surface area contributed by atoms with E-state index in [1.54, 1.807) is 0 Å². The van der Waals surface area contributed by atoms with Crippen LogP contribution in [0.15, 0.2) is 213 Å². The molecule has 2 aliphatic rings. The highest BCUT2D eigenvalue weighted by Gasteiger charge is 2.34. The van der Waals surface area contributed by atoms with Gasteiger partial charge in [0, 0.05) is 41.0 Å². The van der Waals surface area contributed by atoms with E-state index in [0.717, 1.165) is 65.9 Å². The van der Waals surface area contributed by atoms with Gasteiger partial charge in [0.1, 0.15) is 11.5 Å². The predicted octanol–water partition coefficient (Wildman–Crippen LogP) is 16.5. The van der Waals surface area contributed by atoms with Crippen molar-refractivity contribution in [3.63, 3.8) is 0 Å². The molecule has 0 aliphatic heterocycles. The standard InChI is InChI=1S/2C31H23BrO2S/c2*32-24-15-13-20(14-16-24)19-9-11-21(12-10-19)23-17-22-5-1-2-6-25(22)27(18-23)29-30(33)26-7-3-4-8-28(26)35-31(29)34/h2*1-16,23,27,33H,17-18H2. The molecule has 0 radical (unpaired) electrons. The summed E-state index contributed by atoms with van der Waals surface area (Å²) < 4.78 is 3.69. The zero-order chi connectivity index (χ0) is 47.9. The van der Waals surface area contributed by atoms with Gasteiger partial charge in [-0.05, 0) is 142 Å². The number of hydrogen-bond donors (Lipinski definition) is 2. The zero-order valence-electron chi connectivity index (χ0n) is 37.9. The molecule has 4 nitrogen and oxygen atoms in total. The van der Waals surface area contributed by atoms with Crippen molar-refractivity contribution in [1.82, 2.24) is 0 Å². The molecule has 4 unspecified atom stereocenters. The van der Waals surface area contributed by atoms with Crippen molar-refractivity contribution >= 4 is 74.7 Å². The quantitative estimate of drug-likeness (QED) is 0.174. The lowest BCUT2D eigenvalue weighted by atomic mass is 9.72. The number of aromatic hydroxyl groups is 2. The van der Waals surface area contributed by atoms with Crippen LogP contribution in [0.4, 0.5) is 0 Å². The van der Waals surface area contributed by atoms with Gasteiger partial charge in [0.25, 0.3) is 0 Å². The molecule has 4 atom stereocenters. The Balaban J connectivity index is 0.000000152. The normalized spacial score (nSPS) is 17.3. The van der Waals surface area contributed by atoms with Gasteiger partial charge in [-0.1, -0.05) is 200 Å². The lowest BCUT2D eigenvalue weighted by Gasteiger charge is -2.32. The van der Waals surface area contributed by atoms with Crippen molar-refractivity contribution in [2.45, 2.75) is 49.4 Å². The highest BCUT2D eigenvalue weighted by molar-refractivity contribution is 9.10. The highest BCUT2D eigenvalue weighted by atomic mass is 79.9. The van der Waals surface area contributed by atoms with Crippen LogP contribution in [0.2, 0.25) is 0 Å². The summed E-state index contributed by atoms with van der Waals surface area (Å²) in [6.45, 7) is 0. The van der Waals surface area contributed by atoms with Crippen molar-refractivity contribution < 1.29 is 10.2 Å². The lowest BCUT2D eigenvalue weighted by Crippen LogP contribution is -2.22. The third-order valence-corrected chi connectivity index (χ3v) is 17.3. The molecule has 12 rings (SSSR count). The summed E-state index contributed by atoms with van der Waals surface area (Å²) in [5.74, 6) is 0.535. The minimum atomic E-state index is -0.135. The van der Waals surface area contributed by atoms with Crippen molar-refractivity contribution in [3.8, 4) is 33.8 Å². The molecule has 0 fully saturated rings. The van der Waals surface area contributed by atoms with E-state index in [4.69, 9.17) is 0 Å². The van der Waals surface area contributed by atoms with E-state index in [9.17, 15) is 19.8 Å². The minimum absolute atomic E-state index is 0.0489. The molecule has 0 spiro atoms. The average molecular weight is 1080 g/mol. The second-order valence-electron chi connectivity index (χ2n) is 18.3. The Hall–Kier alpha value is -6.42. The van der Waals surface area contributed by atoms with Gasteiger partial charge >= 0.3 is 0 Å². The summed E-state index contributed by atoms with van der Waals surface area (Å²) in [6, 6.07) is 66.3. The van der Waals surface area contributed by atoms with Crippen LogP contribution in [-0.2, 0) is 12.8 Å². The van der Waals surface area contributed by atoms with Crippen LogP contribution >= 0.6 is 54.5 Å². The minimum Gasteiger partial charge on any atom is -0.507 e. The van der Waals surface area contributed by atoms with E-state index < -0.39 is 0 Å². The SMILES string of the molecule is O=c1sc2ccccc2c(O)c1C1CC(c2ccc(-c3ccc(Br)cc3)cc2)Cc2ccccc21.O=c1sc2ccccc2c(O)c1C1CC(c2ccc(-c3ccc(Br)cc3)cc2)Cc2ccccc21. The highest BCUT2D eigenvalue weighted by Crippen LogP contribution is 2.48. The largest absolute Gasteiger partial charge is 0.507 e. The Morgan fingerprint density at radius 1 is 0.400 bits per heavy atom. The predicted molar refractivity (Wildman–Crippen MR) is 297 cm³/mol. The Bertz CT molecular complexity index is 3420. The average Bonchev–Trinajstić information content (AvgIpc) is 3.39. The third kappa shape index (κ3) is 9.10. The summed E-state index contributed by atoms with van der Waals surface area (Å²) >= 11 is 9.47. The van der Waals surface area contributed by atoms with Crippen LogP contribution in [-0.4, -0.2) is 10.2 Å². The molecule has 2 heterocycles. The van der Waals surface area contributed by atoms with Crippen LogP contribution in [0.3, 0.4) is 0 Å². The summed E-state index contributed by atoms with van der Waals surface area (Å²) in [5, 5.41) is 24.0. The maximum atomic E-state index is 13.3. The molecule has 344 valence electrons. The second-order valence-corrected chi connectivity index (χ2v) is 22.2. The third-order valence-electron chi connectivity index (χ3n) is 14.3. The molecule has 70 heavy (non-hydrogen) atoms. The van der Waals surface area contributed by atoms with Gasteiger partial charge in [-0.2, -0.15) is 0 Å². The van der Waals surface area contributed by atoms with Gasteiger partial charge in [0.15, 0.2) is 0 Å².